The van der Waals surface area contributed by atoms with Crippen molar-refractivity contribution in [1.82, 2.24) is 9.88 Å². The van der Waals surface area contributed by atoms with E-state index in [4.69, 9.17) is 5.11 Å². The first kappa shape index (κ1) is 17.4. The molecule has 1 aromatic heterocycles. The van der Waals surface area contributed by atoms with Gasteiger partial charge in [0.25, 0.3) is 0 Å². The second-order valence-corrected chi connectivity index (χ2v) is 6.91. The average Bonchev–Trinajstić information content (AvgIpc) is 2.91. The first-order valence-electron chi connectivity index (χ1n) is 7.83. The molecule has 0 aliphatic carbocycles. The fraction of sp³-hybridized carbons (Fsp3) is 0.471. The number of aliphatic carboxylic acids is 1. The minimum Gasteiger partial charge on any atom is -0.480 e. The van der Waals surface area contributed by atoms with E-state index >= 15 is 0 Å². The number of thiazole rings is 1. The number of aromatic nitrogens is 1. The van der Waals surface area contributed by atoms with E-state index in [1.165, 1.54) is 9.60 Å². The molecule has 5 nitrogen and oxygen atoms in total. The SMILES string of the molecule is CC(C)N(CC(=O)O)C(=O)CCCCc1nc2ccccc2s1. The molecule has 0 spiro atoms. The first-order valence-corrected chi connectivity index (χ1v) is 8.64. The molecule has 2 rings (SSSR count). The lowest BCUT2D eigenvalue weighted by Crippen LogP contribution is -2.40. The molecule has 1 N–H and O–H groups in total. The maximum absolute atomic E-state index is 12.1. The number of aryl methyl sites for hydroxylation is 1. The van der Waals surface area contributed by atoms with E-state index in [9.17, 15) is 9.59 Å². The van der Waals surface area contributed by atoms with Crippen LogP contribution in [0.5, 0.6) is 0 Å². The van der Waals surface area contributed by atoms with Crippen molar-refractivity contribution in [2.75, 3.05) is 6.54 Å². The van der Waals surface area contributed by atoms with E-state index in [-0.39, 0.29) is 18.5 Å². The third-order valence-electron chi connectivity index (χ3n) is 3.62. The molecule has 0 saturated heterocycles. The Morgan fingerprint density at radius 2 is 2.00 bits per heavy atom. The molecule has 6 heteroatoms. The Morgan fingerprint density at radius 3 is 2.65 bits per heavy atom. The first-order chi connectivity index (χ1) is 11.0. The van der Waals surface area contributed by atoms with Gasteiger partial charge in [-0.1, -0.05) is 12.1 Å². The summed E-state index contributed by atoms with van der Waals surface area (Å²) in [6.07, 6.45) is 2.87. The minimum absolute atomic E-state index is 0.0910. The van der Waals surface area contributed by atoms with Gasteiger partial charge in [0.15, 0.2) is 0 Å². The number of carbonyl (C=O) groups is 2. The molecular weight excluding hydrogens is 312 g/mol. The highest BCUT2D eigenvalue weighted by atomic mass is 32.1. The van der Waals surface area contributed by atoms with Gasteiger partial charge < -0.3 is 10.0 Å². The number of para-hydroxylation sites is 1. The number of carboxylic acids is 1. The Bertz CT molecular complexity index is 648. The van der Waals surface area contributed by atoms with E-state index < -0.39 is 5.97 Å². The molecule has 0 fully saturated rings. The number of carbonyl (C=O) groups excluding carboxylic acids is 1. The van der Waals surface area contributed by atoms with Crippen LogP contribution < -0.4 is 0 Å². The predicted molar refractivity (Wildman–Crippen MR) is 91.7 cm³/mol. The molecule has 1 aromatic carbocycles. The van der Waals surface area contributed by atoms with E-state index in [1.807, 2.05) is 32.0 Å². The minimum atomic E-state index is -0.971. The quantitative estimate of drug-likeness (QED) is 0.752. The van der Waals surface area contributed by atoms with Gasteiger partial charge in [0, 0.05) is 12.5 Å². The van der Waals surface area contributed by atoms with Crippen molar-refractivity contribution in [3.63, 3.8) is 0 Å². The van der Waals surface area contributed by atoms with Crippen LogP contribution in [0.4, 0.5) is 0 Å². The number of hydrogen-bond acceptors (Lipinski definition) is 4. The van der Waals surface area contributed by atoms with E-state index in [0.717, 1.165) is 29.8 Å². The van der Waals surface area contributed by atoms with Crippen molar-refractivity contribution in [1.29, 1.82) is 0 Å². The maximum atomic E-state index is 12.1. The number of rotatable bonds is 8. The normalized spacial score (nSPS) is 11.1. The van der Waals surface area contributed by atoms with Crippen LogP contribution in [0.15, 0.2) is 24.3 Å². The molecule has 23 heavy (non-hydrogen) atoms. The topological polar surface area (TPSA) is 70.5 Å². The molecule has 2 aromatic rings. The van der Waals surface area contributed by atoms with Gasteiger partial charge in [0.05, 0.1) is 15.2 Å². The zero-order chi connectivity index (χ0) is 16.8. The third kappa shape index (κ3) is 5.03. The Labute approximate surface area is 139 Å². The van der Waals surface area contributed by atoms with Crippen molar-refractivity contribution in [3.05, 3.63) is 29.3 Å². The average molecular weight is 334 g/mol. The molecule has 1 heterocycles. The summed E-state index contributed by atoms with van der Waals surface area (Å²) in [5.41, 5.74) is 1.02. The zero-order valence-electron chi connectivity index (χ0n) is 13.5. The molecule has 0 aliphatic rings. The van der Waals surface area contributed by atoms with E-state index in [1.54, 1.807) is 11.3 Å². The highest BCUT2D eigenvalue weighted by molar-refractivity contribution is 7.18. The number of hydrogen-bond donors (Lipinski definition) is 1. The summed E-state index contributed by atoms with van der Waals surface area (Å²) in [6.45, 7) is 3.44. The fourth-order valence-electron chi connectivity index (χ4n) is 2.43. The van der Waals surface area contributed by atoms with Crippen LogP contribution in [0.25, 0.3) is 10.2 Å². The number of nitrogens with zero attached hydrogens (tertiary/aromatic N) is 2. The summed E-state index contributed by atoms with van der Waals surface area (Å²) in [5.74, 6) is -1.06. The van der Waals surface area contributed by atoms with Crippen LogP contribution in [0, 0.1) is 0 Å². The lowest BCUT2D eigenvalue weighted by molar-refractivity contribution is -0.145. The van der Waals surface area contributed by atoms with E-state index in [2.05, 4.69) is 11.1 Å². The monoisotopic (exact) mass is 334 g/mol. The summed E-state index contributed by atoms with van der Waals surface area (Å²) in [5, 5.41) is 9.96. The highest BCUT2D eigenvalue weighted by Crippen LogP contribution is 2.23. The van der Waals surface area contributed by atoms with Gasteiger partial charge in [-0.05, 0) is 45.2 Å². The molecule has 124 valence electrons. The van der Waals surface area contributed by atoms with Gasteiger partial charge >= 0.3 is 5.97 Å². The lowest BCUT2D eigenvalue weighted by atomic mass is 10.1. The molecule has 0 unspecified atom stereocenters. The van der Waals surface area contributed by atoms with Crippen LogP contribution in [-0.4, -0.2) is 39.5 Å². The largest absolute Gasteiger partial charge is 0.480 e. The number of unbranched alkanes of at least 4 members (excludes halogenated alkanes) is 1. The second-order valence-electron chi connectivity index (χ2n) is 5.79. The summed E-state index contributed by atoms with van der Waals surface area (Å²) in [6, 6.07) is 7.96. The Balaban J connectivity index is 1.79. The van der Waals surface area contributed by atoms with Crippen LogP contribution in [0.1, 0.15) is 38.1 Å². The molecule has 0 bridgehead atoms. The van der Waals surface area contributed by atoms with Gasteiger partial charge in [0.2, 0.25) is 5.91 Å². The molecule has 0 radical (unpaired) electrons. The van der Waals surface area contributed by atoms with E-state index in [0.29, 0.717) is 6.42 Å². The standard InChI is InChI=1S/C17H22N2O3S/c1-12(2)19(11-17(21)22)16(20)10-6-5-9-15-18-13-7-3-4-8-14(13)23-15/h3-4,7-8,12H,5-6,9-11H2,1-2H3,(H,21,22). The van der Waals surface area contributed by atoms with Crippen molar-refractivity contribution in [3.8, 4) is 0 Å². The van der Waals surface area contributed by atoms with Crippen molar-refractivity contribution >= 4 is 33.4 Å². The number of benzene rings is 1. The second kappa shape index (κ2) is 8.06. The van der Waals surface area contributed by atoms with Crippen LogP contribution >= 0.6 is 11.3 Å². The molecule has 0 saturated carbocycles. The Kier molecular flexibility index (Phi) is 6.10. The lowest BCUT2D eigenvalue weighted by Gasteiger charge is -2.24. The smallest absolute Gasteiger partial charge is 0.323 e. The third-order valence-corrected chi connectivity index (χ3v) is 4.71. The van der Waals surface area contributed by atoms with Gasteiger partial charge in [-0.3, -0.25) is 9.59 Å². The number of fused-ring (bicyclic) bond motifs is 1. The van der Waals surface area contributed by atoms with Crippen molar-refractivity contribution in [2.45, 2.75) is 45.6 Å². The Hall–Kier alpha value is -1.95. The van der Waals surface area contributed by atoms with Crippen molar-refractivity contribution in [2.24, 2.45) is 0 Å². The van der Waals surface area contributed by atoms with Gasteiger partial charge in [-0.2, -0.15) is 0 Å². The molecule has 1 amide bonds. The highest BCUT2D eigenvalue weighted by Gasteiger charge is 2.19. The summed E-state index contributed by atoms with van der Waals surface area (Å²) in [4.78, 5) is 28.9. The summed E-state index contributed by atoms with van der Waals surface area (Å²) in [7, 11) is 0. The van der Waals surface area contributed by atoms with Gasteiger partial charge in [-0.25, -0.2) is 4.98 Å². The summed E-state index contributed by atoms with van der Waals surface area (Å²) < 4.78 is 1.19. The van der Waals surface area contributed by atoms with Crippen LogP contribution in [0.2, 0.25) is 0 Å². The zero-order valence-corrected chi connectivity index (χ0v) is 14.3. The maximum Gasteiger partial charge on any atom is 0.323 e. The fourth-order valence-corrected chi connectivity index (χ4v) is 3.44. The number of amides is 1. The van der Waals surface area contributed by atoms with Crippen molar-refractivity contribution < 1.29 is 14.7 Å². The Morgan fingerprint density at radius 1 is 1.26 bits per heavy atom. The van der Waals surface area contributed by atoms with Crippen LogP contribution in [0.3, 0.4) is 0 Å². The molecule has 0 atom stereocenters. The number of carboxylic acid groups (broad SMARTS) is 1. The summed E-state index contributed by atoms with van der Waals surface area (Å²) >= 11 is 1.69. The van der Waals surface area contributed by atoms with Crippen LogP contribution in [-0.2, 0) is 16.0 Å². The molecule has 0 aliphatic heterocycles. The van der Waals surface area contributed by atoms with Gasteiger partial charge in [0.1, 0.15) is 6.54 Å². The predicted octanol–water partition coefficient (Wildman–Crippen LogP) is 3.33. The molecular formula is C17H22N2O3S. The van der Waals surface area contributed by atoms with Gasteiger partial charge in [-0.15, -0.1) is 11.3 Å².